The molecule has 0 radical (unpaired) electrons. The van der Waals surface area contributed by atoms with Crippen LogP contribution in [0.25, 0.3) is 0 Å². The summed E-state index contributed by atoms with van der Waals surface area (Å²) in [4.78, 5) is 1.30. The minimum atomic E-state index is 0.170. The lowest BCUT2D eigenvalue weighted by Gasteiger charge is -2.18. The molecule has 1 aromatic heterocycles. The van der Waals surface area contributed by atoms with Gasteiger partial charge in [-0.25, -0.2) is 0 Å². The summed E-state index contributed by atoms with van der Waals surface area (Å²) >= 11 is 1.76. The van der Waals surface area contributed by atoms with Gasteiger partial charge in [-0.05, 0) is 35.4 Å². The van der Waals surface area contributed by atoms with Gasteiger partial charge in [0.15, 0.2) is 0 Å². The number of hydrogen-bond acceptors (Lipinski definition) is 3. The van der Waals surface area contributed by atoms with Crippen molar-refractivity contribution in [3.63, 3.8) is 0 Å². The van der Waals surface area contributed by atoms with Crippen LogP contribution >= 0.6 is 11.3 Å². The molecule has 1 N–H and O–H groups in total. The molecule has 0 saturated carbocycles. The SMILES string of the molecule is CO[C@H](CNC1Cc2ccccc2C1)c1cccs1. The molecule has 1 atom stereocenters. The lowest BCUT2D eigenvalue weighted by Crippen LogP contribution is -2.33. The van der Waals surface area contributed by atoms with Gasteiger partial charge in [0.1, 0.15) is 6.10 Å². The fourth-order valence-electron chi connectivity index (χ4n) is 2.75. The summed E-state index contributed by atoms with van der Waals surface area (Å²) in [7, 11) is 1.79. The highest BCUT2D eigenvalue weighted by Gasteiger charge is 2.21. The number of methoxy groups -OCH3 is 1. The van der Waals surface area contributed by atoms with Gasteiger partial charge in [-0.3, -0.25) is 0 Å². The normalized spacial score (nSPS) is 16.5. The largest absolute Gasteiger partial charge is 0.375 e. The van der Waals surface area contributed by atoms with E-state index in [0.29, 0.717) is 6.04 Å². The highest BCUT2D eigenvalue weighted by molar-refractivity contribution is 7.10. The third kappa shape index (κ3) is 2.89. The number of rotatable bonds is 5. The third-order valence-corrected chi connectivity index (χ3v) is 4.75. The highest BCUT2D eigenvalue weighted by atomic mass is 32.1. The van der Waals surface area contributed by atoms with Crippen LogP contribution in [0.15, 0.2) is 41.8 Å². The van der Waals surface area contributed by atoms with Crippen molar-refractivity contribution in [3.05, 3.63) is 57.8 Å². The topological polar surface area (TPSA) is 21.3 Å². The Labute approximate surface area is 118 Å². The van der Waals surface area contributed by atoms with Crippen molar-refractivity contribution < 1.29 is 4.74 Å². The van der Waals surface area contributed by atoms with Crippen molar-refractivity contribution in [1.29, 1.82) is 0 Å². The molecular formula is C16H19NOS. The Balaban J connectivity index is 1.56. The molecule has 0 saturated heterocycles. The molecule has 0 amide bonds. The quantitative estimate of drug-likeness (QED) is 0.903. The zero-order chi connectivity index (χ0) is 13.1. The molecular weight excluding hydrogens is 254 g/mol. The molecule has 3 heteroatoms. The van der Waals surface area contributed by atoms with Crippen LogP contribution in [-0.4, -0.2) is 19.7 Å². The average Bonchev–Trinajstić information content (AvgIpc) is 3.08. The molecule has 2 aromatic rings. The zero-order valence-electron chi connectivity index (χ0n) is 11.1. The van der Waals surface area contributed by atoms with E-state index in [4.69, 9.17) is 4.74 Å². The van der Waals surface area contributed by atoms with E-state index in [1.807, 2.05) is 0 Å². The minimum Gasteiger partial charge on any atom is -0.375 e. The second kappa shape index (κ2) is 5.87. The van der Waals surface area contributed by atoms with Gasteiger partial charge in [0.05, 0.1) is 0 Å². The maximum absolute atomic E-state index is 5.58. The Hall–Kier alpha value is -1.16. The van der Waals surface area contributed by atoms with Crippen molar-refractivity contribution in [2.24, 2.45) is 0 Å². The molecule has 1 heterocycles. The number of thiophene rings is 1. The fraction of sp³-hybridized carbons (Fsp3) is 0.375. The van der Waals surface area contributed by atoms with Crippen LogP contribution in [0.5, 0.6) is 0 Å². The molecule has 3 rings (SSSR count). The van der Waals surface area contributed by atoms with E-state index in [9.17, 15) is 0 Å². The number of fused-ring (bicyclic) bond motifs is 1. The summed E-state index contributed by atoms with van der Waals surface area (Å²) in [5, 5.41) is 5.75. The first kappa shape index (κ1) is 12.9. The van der Waals surface area contributed by atoms with Crippen molar-refractivity contribution in [2.45, 2.75) is 25.0 Å². The fourth-order valence-corrected chi connectivity index (χ4v) is 3.55. The molecule has 0 spiro atoms. The predicted octanol–water partition coefficient (Wildman–Crippen LogP) is 3.19. The Morgan fingerprint density at radius 3 is 2.53 bits per heavy atom. The van der Waals surface area contributed by atoms with Crippen molar-refractivity contribution in [1.82, 2.24) is 5.32 Å². The number of nitrogens with one attached hydrogen (secondary N) is 1. The van der Waals surface area contributed by atoms with Gasteiger partial charge in [-0.15, -0.1) is 11.3 Å². The van der Waals surface area contributed by atoms with Gasteiger partial charge in [0, 0.05) is 24.6 Å². The van der Waals surface area contributed by atoms with Gasteiger partial charge >= 0.3 is 0 Å². The Morgan fingerprint density at radius 1 is 1.21 bits per heavy atom. The van der Waals surface area contributed by atoms with E-state index >= 15 is 0 Å². The molecule has 0 aliphatic heterocycles. The summed E-state index contributed by atoms with van der Waals surface area (Å²) in [5.41, 5.74) is 2.98. The maximum atomic E-state index is 5.58. The van der Waals surface area contributed by atoms with Crippen molar-refractivity contribution >= 4 is 11.3 Å². The van der Waals surface area contributed by atoms with Gasteiger partial charge in [-0.2, -0.15) is 0 Å². The third-order valence-electron chi connectivity index (χ3n) is 3.79. The van der Waals surface area contributed by atoms with Gasteiger partial charge in [0.25, 0.3) is 0 Å². The highest BCUT2D eigenvalue weighted by Crippen LogP contribution is 2.24. The van der Waals surface area contributed by atoms with E-state index in [2.05, 4.69) is 47.1 Å². The van der Waals surface area contributed by atoms with Gasteiger partial charge in [-0.1, -0.05) is 30.3 Å². The monoisotopic (exact) mass is 273 g/mol. The smallest absolute Gasteiger partial charge is 0.104 e. The molecule has 100 valence electrons. The standard InChI is InChI=1S/C16H19NOS/c1-18-15(16-7-4-8-19-16)11-17-14-9-12-5-2-3-6-13(12)10-14/h2-8,14-15,17H,9-11H2,1H3/t15-/m1/s1. The van der Waals surface area contributed by atoms with Crippen LogP contribution < -0.4 is 5.32 Å². The summed E-state index contributed by atoms with van der Waals surface area (Å²) in [5.74, 6) is 0. The molecule has 0 bridgehead atoms. The van der Waals surface area contributed by atoms with E-state index in [0.717, 1.165) is 19.4 Å². The number of hydrogen-bond donors (Lipinski definition) is 1. The molecule has 1 aliphatic rings. The zero-order valence-corrected chi connectivity index (χ0v) is 12.0. The van der Waals surface area contributed by atoms with Crippen LogP contribution in [0.4, 0.5) is 0 Å². The maximum Gasteiger partial charge on any atom is 0.104 e. The Kier molecular flexibility index (Phi) is 3.97. The summed E-state index contributed by atoms with van der Waals surface area (Å²) in [6.07, 6.45) is 2.44. The first-order valence-electron chi connectivity index (χ1n) is 6.73. The summed E-state index contributed by atoms with van der Waals surface area (Å²) in [6.45, 7) is 0.885. The van der Waals surface area contributed by atoms with Crippen LogP contribution in [0.3, 0.4) is 0 Å². The average molecular weight is 273 g/mol. The van der Waals surface area contributed by atoms with Crippen LogP contribution in [0.1, 0.15) is 22.1 Å². The van der Waals surface area contributed by atoms with E-state index in [1.165, 1.54) is 16.0 Å². The molecule has 1 aromatic carbocycles. The second-order valence-electron chi connectivity index (χ2n) is 5.02. The van der Waals surface area contributed by atoms with Crippen molar-refractivity contribution in [3.8, 4) is 0 Å². The molecule has 0 unspecified atom stereocenters. The number of ether oxygens (including phenoxy) is 1. The van der Waals surface area contributed by atoms with Crippen LogP contribution in [0, 0.1) is 0 Å². The first-order chi connectivity index (χ1) is 9.36. The van der Waals surface area contributed by atoms with Crippen LogP contribution in [0.2, 0.25) is 0 Å². The number of benzene rings is 1. The first-order valence-corrected chi connectivity index (χ1v) is 7.61. The van der Waals surface area contributed by atoms with Crippen LogP contribution in [-0.2, 0) is 17.6 Å². The summed E-state index contributed by atoms with van der Waals surface area (Å²) < 4.78 is 5.58. The summed E-state index contributed by atoms with van der Waals surface area (Å²) in [6, 6.07) is 13.5. The van der Waals surface area contributed by atoms with E-state index in [1.54, 1.807) is 18.4 Å². The van der Waals surface area contributed by atoms with E-state index < -0.39 is 0 Å². The van der Waals surface area contributed by atoms with Gasteiger partial charge in [0.2, 0.25) is 0 Å². The Morgan fingerprint density at radius 2 is 1.95 bits per heavy atom. The predicted molar refractivity (Wildman–Crippen MR) is 79.7 cm³/mol. The lowest BCUT2D eigenvalue weighted by molar-refractivity contribution is 0.102. The molecule has 1 aliphatic carbocycles. The minimum absolute atomic E-state index is 0.170. The van der Waals surface area contributed by atoms with E-state index in [-0.39, 0.29) is 6.10 Å². The second-order valence-corrected chi connectivity index (χ2v) is 6.00. The molecule has 19 heavy (non-hydrogen) atoms. The lowest BCUT2D eigenvalue weighted by atomic mass is 10.1. The molecule has 2 nitrogen and oxygen atoms in total. The molecule has 0 fully saturated rings. The Bertz CT molecular complexity index is 498. The van der Waals surface area contributed by atoms with Gasteiger partial charge < -0.3 is 10.1 Å². The van der Waals surface area contributed by atoms with Crippen molar-refractivity contribution in [2.75, 3.05) is 13.7 Å².